The number of alkyl halides is 2. The third-order valence-corrected chi connectivity index (χ3v) is 4.25. The Morgan fingerprint density at radius 3 is 2.26 bits per heavy atom. The summed E-state index contributed by atoms with van der Waals surface area (Å²) in [7, 11) is -2.83. The summed E-state index contributed by atoms with van der Waals surface area (Å²) < 4.78 is 74.9. The average molecular weight is 336 g/mol. The van der Waals surface area contributed by atoms with Crippen LogP contribution in [-0.2, 0) is 19.1 Å². The predicted molar refractivity (Wildman–Crippen MR) is 64.6 cm³/mol. The van der Waals surface area contributed by atoms with Crippen molar-refractivity contribution in [2.24, 2.45) is 0 Å². The van der Waals surface area contributed by atoms with E-state index in [4.69, 9.17) is 15.4 Å². The van der Waals surface area contributed by atoms with Crippen LogP contribution < -0.4 is 9.46 Å². The summed E-state index contributed by atoms with van der Waals surface area (Å²) in [6, 6.07) is 2.92. The fourth-order valence-electron chi connectivity index (χ4n) is 1.14. The van der Waals surface area contributed by atoms with Gasteiger partial charge >= 0.3 is 5.76 Å². The first-order valence-electron chi connectivity index (χ1n) is 4.50. The molecule has 0 aliphatic carbocycles. The Hall–Kier alpha value is -1.13. The molecular weight excluding hydrogens is 328 g/mol. The molecule has 108 valence electrons. The zero-order valence-corrected chi connectivity index (χ0v) is 11.7. The zero-order chi connectivity index (χ0) is 14.8. The maximum Gasteiger partial charge on any atom is 0.355 e. The number of hydrogen-bond acceptors (Lipinski definition) is 5. The topological polar surface area (TPSA) is 89.5 Å². The zero-order valence-electron chi connectivity index (χ0n) is 9.30. The normalized spacial score (nSPS) is 12.5. The van der Waals surface area contributed by atoms with Crippen molar-refractivity contribution in [3.8, 4) is 5.75 Å². The van der Waals surface area contributed by atoms with Gasteiger partial charge in [0.25, 0.3) is 19.1 Å². The van der Waals surface area contributed by atoms with E-state index in [2.05, 4.69) is 0 Å². The van der Waals surface area contributed by atoms with E-state index < -0.39 is 29.7 Å². The van der Waals surface area contributed by atoms with Crippen LogP contribution in [0.5, 0.6) is 5.75 Å². The smallest absolute Gasteiger partial charge is 0.355 e. The van der Waals surface area contributed by atoms with Crippen LogP contribution in [0.1, 0.15) is 0 Å². The lowest BCUT2D eigenvalue weighted by molar-refractivity contribution is 0.236. The highest BCUT2D eigenvalue weighted by Gasteiger charge is 2.25. The molecule has 6 nitrogen and oxygen atoms in total. The van der Waals surface area contributed by atoms with Crippen LogP contribution in [0, 0.1) is 0 Å². The van der Waals surface area contributed by atoms with E-state index >= 15 is 0 Å². The number of rotatable bonds is 5. The molecule has 0 saturated carbocycles. The van der Waals surface area contributed by atoms with E-state index in [1.54, 1.807) is 0 Å². The third-order valence-electron chi connectivity index (χ3n) is 1.92. The molecule has 1 rings (SSSR count). The minimum Gasteiger partial charge on any atom is -0.495 e. The number of hydrogen-bond donors (Lipinski definition) is 1. The third kappa shape index (κ3) is 3.91. The average Bonchev–Trinajstić information content (AvgIpc) is 2.27. The monoisotopic (exact) mass is 335 g/mol. The summed E-state index contributed by atoms with van der Waals surface area (Å²) in [5, 5.41) is 0. The number of nitrogens with one attached hydrogen (secondary N) is 1. The number of anilines is 1. The number of halogens is 3. The van der Waals surface area contributed by atoms with Gasteiger partial charge in [-0.15, -0.1) is 0 Å². The molecule has 0 unspecified atom stereocenters. The highest BCUT2D eigenvalue weighted by atomic mass is 35.7. The minimum absolute atomic E-state index is 0.144. The molecule has 19 heavy (non-hydrogen) atoms. The van der Waals surface area contributed by atoms with Crippen LogP contribution in [0.4, 0.5) is 14.5 Å². The molecule has 0 aromatic heterocycles. The van der Waals surface area contributed by atoms with E-state index in [1.807, 2.05) is 0 Å². The summed E-state index contributed by atoms with van der Waals surface area (Å²) in [6.45, 7) is 0. The second-order valence-corrected chi connectivity index (χ2v) is 7.40. The van der Waals surface area contributed by atoms with Gasteiger partial charge in [-0.2, -0.15) is 8.78 Å². The first kappa shape index (κ1) is 15.9. The van der Waals surface area contributed by atoms with Crippen LogP contribution >= 0.6 is 10.7 Å². The van der Waals surface area contributed by atoms with Gasteiger partial charge < -0.3 is 4.74 Å². The molecule has 0 spiro atoms. The molecule has 1 N–H and O–H groups in total. The highest BCUT2D eigenvalue weighted by molar-refractivity contribution is 8.13. The van der Waals surface area contributed by atoms with Crippen molar-refractivity contribution >= 4 is 35.4 Å². The molecule has 1 aromatic rings. The highest BCUT2D eigenvalue weighted by Crippen LogP contribution is 2.30. The standard InChI is InChI=1S/C8H8ClF2NO5S2/c1-17-6-3-2-5(4-7(6)18(9,13)14)12-19(15,16)8(10)11/h2-4,8,12H,1H3. The summed E-state index contributed by atoms with van der Waals surface area (Å²) >= 11 is 0. The summed E-state index contributed by atoms with van der Waals surface area (Å²) in [6.07, 6.45) is 0. The Kier molecular flexibility index (Phi) is 4.59. The largest absolute Gasteiger partial charge is 0.495 e. The molecule has 0 heterocycles. The molecule has 0 atom stereocenters. The molecule has 0 radical (unpaired) electrons. The Morgan fingerprint density at radius 2 is 1.84 bits per heavy atom. The second kappa shape index (κ2) is 5.47. The Balaban J connectivity index is 3.28. The second-order valence-electron chi connectivity index (χ2n) is 3.21. The van der Waals surface area contributed by atoms with Crippen molar-refractivity contribution in [2.45, 2.75) is 10.7 Å². The van der Waals surface area contributed by atoms with E-state index in [0.717, 1.165) is 18.2 Å². The SMILES string of the molecule is COc1ccc(NS(=O)(=O)C(F)F)cc1S(=O)(=O)Cl. The molecule has 0 bridgehead atoms. The molecule has 0 aliphatic heterocycles. The summed E-state index contributed by atoms with van der Waals surface area (Å²) in [4.78, 5) is -0.536. The summed E-state index contributed by atoms with van der Waals surface area (Å²) in [5.41, 5.74) is -0.375. The first-order chi connectivity index (χ1) is 8.58. The van der Waals surface area contributed by atoms with Gasteiger partial charge in [-0.05, 0) is 18.2 Å². The maximum atomic E-state index is 12.2. The first-order valence-corrected chi connectivity index (χ1v) is 8.36. The van der Waals surface area contributed by atoms with Gasteiger partial charge in [0.1, 0.15) is 10.6 Å². The molecular formula is C8H8ClF2NO5S2. The Bertz CT molecular complexity index is 674. The molecule has 1 aromatic carbocycles. The number of benzene rings is 1. The fourth-order valence-corrected chi connectivity index (χ4v) is 2.71. The Labute approximate surface area is 112 Å². The molecule has 11 heteroatoms. The van der Waals surface area contributed by atoms with Crippen LogP contribution in [0.25, 0.3) is 0 Å². The van der Waals surface area contributed by atoms with Crippen molar-refractivity contribution in [1.82, 2.24) is 0 Å². The van der Waals surface area contributed by atoms with Crippen molar-refractivity contribution < 1.29 is 30.4 Å². The van der Waals surface area contributed by atoms with Gasteiger partial charge in [-0.1, -0.05) is 0 Å². The van der Waals surface area contributed by atoms with Gasteiger partial charge in [0.15, 0.2) is 0 Å². The predicted octanol–water partition coefficient (Wildman–Crippen LogP) is 1.59. The van der Waals surface area contributed by atoms with Crippen LogP contribution in [0.15, 0.2) is 23.1 Å². The lowest BCUT2D eigenvalue weighted by atomic mass is 10.3. The van der Waals surface area contributed by atoms with E-state index in [-0.39, 0.29) is 11.4 Å². The molecule has 0 saturated heterocycles. The van der Waals surface area contributed by atoms with E-state index in [1.165, 1.54) is 11.8 Å². The van der Waals surface area contributed by atoms with Crippen molar-refractivity contribution in [2.75, 3.05) is 11.8 Å². The minimum atomic E-state index is -4.90. The van der Waals surface area contributed by atoms with Crippen LogP contribution in [0.2, 0.25) is 0 Å². The lowest BCUT2D eigenvalue weighted by Gasteiger charge is -2.10. The number of ether oxygens (including phenoxy) is 1. The van der Waals surface area contributed by atoms with Crippen molar-refractivity contribution in [3.63, 3.8) is 0 Å². The maximum absolute atomic E-state index is 12.2. The molecule has 0 aliphatic rings. The van der Waals surface area contributed by atoms with Crippen molar-refractivity contribution in [3.05, 3.63) is 18.2 Å². The van der Waals surface area contributed by atoms with Gasteiger partial charge in [-0.25, -0.2) is 16.8 Å². The number of methoxy groups -OCH3 is 1. The van der Waals surface area contributed by atoms with E-state index in [9.17, 15) is 25.6 Å². The number of sulfonamides is 1. The summed E-state index contributed by atoms with van der Waals surface area (Å²) in [5.74, 6) is -3.79. The van der Waals surface area contributed by atoms with Crippen molar-refractivity contribution in [1.29, 1.82) is 0 Å². The molecule has 0 fully saturated rings. The van der Waals surface area contributed by atoms with Gasteiger partial charge in [0.05, 0.1) is 12.8 Å². The van der Waals surface area contributed by atoms with Crippen LogP contribution in [0.3, 0.4) is 0 Å². The van der Waals surface area contributed by atoms with Gasteiger partial charge in [0.2, 0.25) is 0 Å². The van der Waals surface area contributed by atoms with Gasteiger partial charge in [-0.3, -0.25) is 4.72 Å². The lowest BCUT2D eigenvalue weighted by Crippen LogP contribution is -2.20. The van der Waals surface area contributed by atoms with Crippen LogP contribution in [-0.4, -0.2) is 29.7 Å². The fraction of sp³-hybridized carbons (Fsp3) is 0.250. The molecule has 0 amide bonds. The van der Waals surface area contributed by atoms with E-state index in [0.29, 0.717) is 0 Å². The quantitative estimate of drug-likeness (QED) is 0.825. The Morgan fingerprint density at radius 1 is 1.26 bits per heavy atom. The van der Waals surface area contributed by atoms with Gasteiger partial charge in [0, 0.05) is 10.7 Å².